The van der Waals surface area contributed by atoms with Crippen LogP contribution in [0.3, 0.4) is 0 Å². The molecular formula is C23H29ClN2O4. The van der Waals surface area contributed by atoms with E-state index in [2.05, 4.69) is 17.6 Å². The fraction of sp³-hybridized carbons (Fsp3) is 0.391. The van der Waals surface area contributed by atoms with Gasteiger partial charge in [-0.05, 0) is 24.6 Å². The van der Waals surface area contributed by atoms with Crippen LogP contribution >= 0.6 is 11.6 Å². The maximum atomic E-state index is 12.5. The Kier molecular flexibility index (Phi) is 9.48. The van der Waals surface area contributed by atoms with Gasteiger partial charge in [-0.25, -0.2) is 0 Å². The number of unbranched alkanes of at least 4 members (excludes halogenated alkanes) is 6. The molecule has 4 N–H and O–H groups in total. The molecule has 0 saturated heterocycles. The van der Waals surface area contributed by atoms with Gasteiger partial charge in [0.2, 0.25) is 5.91 Å². The van der Waals surface area contributed by atoms with E-state index >= 15 is 0 Å². The number of nitrogens with one attached hydrogen (secondary N) is 2. The molecule has 30 heavy (non-hydrogen) atoms. The molecule has 0 unspecified atom stereocenters. The van der Waals surface area contributed by atoms with Crippen molar-refractivity contribution in [2.75, 3.05) is 10.6 Å². The van der Waals surface area contributed by atoms with Crippen molar-refractivity contribution in [3.63, 3.8) is 0 Å². The summed E-state index contributed by atoms with van der Waals surface area (Å²) in [6, 6.07) is 8.85. The molecule has 0 bridgehead atoms. The van der Waals surface area contributed by atoms with Gasteiger partial charge in [-0.15, -0.1) is 0 Å². The fourth-order valence-electron chi connectivity index (χ4n) is 3.05. The van der Waals surface area contributed by atoms with Gasteiger partial charge in [-0.1, -0.05) is 63.1 Å². The van der Waals surface area contributed by atoms with Crippen molar-refractivity contribution in [2.45, 2.75) is 58.3 Å². The first-order valence-electron chi connectivity index (χ1n) is 10.3. The van der Waals surface area contributed by atoms with Crippen molar-refractivity contribution in [1.29, 1.82) is 0 Å². The maximum absolute atomic E-state index is 12.5. The molecule has 0 atom stereocenters. The Labute approximate surface area is 182 Å². The highest BCUT2D eigenvalue weighted by Gasteiger charge is 2.13. The molecule has 0 aliphatic carbocycles. The molecule has 0 aliphatic rings. The standard InChI is InChI=1S/C23H29ClN2O4/c1-2-3-4-5-6-7-8-12-22(29)25-17-11-9-10-16(13-17)23(30)26-19-15-20(27)18(24)14-21(19)28/h9-11,13-15,27-28H,2-8,12H2,1H3,(H,25,29)(H,26,30). The van der Waals surface area contributed by atoms with E-state index in [0.717, 1.165) is 25.3 Å². The minimum atomic E-state index is -0.491. The number of aromatic hydroxyl groups is 2. The van der Waals surface area contributed by atoms with Crippen LogP contribution in [-0.2, 0) is 4.79 Å². The number of phenols is 2. The van der Waals surface area contributed by atoms with Crippen LogP contribution in [0.25, 0.3) is 0 Å². The molecule has 162 valence electrons. The molecule has 0 heterocycles. The van der Waals surface area contributed by atoms with Crippen LogP contribution in [0.4, 0.5) is 11.4 Å². The third-order valence-electron chi connectivity index (χ3n) is 4.73. The van der Waals surface area contributed by atoms with Crippen LogP contribution in [0.1, 0.15) is 68.6 Å². The predicted molar refractivity (Wildman–Crippen MR) is 120 cm³/mol. The number of amides is 2. The molecule has 0 aromatic heterocycles. The van der Waals surface area contributed by atoms with Crippen molar-refractivity contribution >= 4 is 34.8 Å². The van der Waals surface area contributed by atoms with Gasteiger partial charge >= 0.3 is 0 Å². The molecule has 0 spiro atoms. The normalized spacial score (nSPS) is 10.6. The largest absolute Gasteiger partial charge is 0.506 e. The summed E-state index contributed by atoms with van der Waals surface area (Å²) in [4.78, 5) is 24.6. The zero-order valence-electron chi connectivity index (χ0n) is 17.2. The smallest absolute Gasteiger partial charge is 0.255 e. The van der Waals surface area contributed by atoms with Crippen molar-refractivity contribution in [3.05, 3.63) is 47.0 Å². The third kappa shape index (κ3) is 7.59. The highest BCUT2D eigenvalue weighted by atomic mass is 35.5. The molecule has 7 heteroatoms. The topological polar surface area (TPSA) is 98.7 Å². The van der Waals surface area contributed by atoms with Crippen LogP contribution < -0.4 is 10.6 Å². The highest BCUT2D eigenvalue weighted by molar-refractivity contribution is 6.32. The Balaban J connectivity index is 1.86. The average Bonchev–Trinajstić information content (AvgIpc) is 2.71. The summed E-state index contributed by atoms with van der Waals surface area (Å²) >= 11 is 5.72. The molecule has 2 amide bonds. The van der Waals surface area contributed by atoms with Crippen molar-refractivity contribution in [3.8, 4) is 11.5 Å². The monoisotopic (exact) mass is 432 g/mol. The SMILES string of the molecule is CCCCCCCCCC(=O)Nc1cccc(C(=O)Nc2cc(O)c(Cl)cc2O)c1. The van der Waals surface area contributed by atoms with Crippen LogP contribution in [0.5, 0.6) is 11.5 Å². The maximum Gasteiger partial charge on any atom is 0.255 e. The van der Waals surface area contributed by atoms with E-state index in [-0.39, 0.29) is 28.1 Å². The zero-order chi connectivity index (χ0) is 21.9. The lowest BCUT2D eigenvalue weighted by Gasteiger charge is -2.10. The number of hydrogen-bond acceptors (Lipinski definition) is 4. The van der Waals surface area contributed by atoms with Crippen molar-refractivity contribution in [2.24, 2.45) is 0 Å². The van der Waals surface area contributed by atoms with Crippen LogP contribution in [-0.4, -0.2) is 22.0 Å². The van der Waals surface area contributed by atoms with Gasteiger partial charge in [0.15, 0.2) is 0 Å². The Bertz CT molecular complexity index is 870. The number of anilines is 2. The van der Waals surface area contributed by atoms with Gasteiger partial charge in [0, 0.05) is 29.8 Å². The Morgan fingerprint density at radius 1 is 0.900 bits per heavy atom. The van der Waals surface area contributed by atoms with Crippen molar-refractivity contribution in [1.82, 2.24) is 0 Å². The number of halogens is 1. The Morgan fingerprint density at radius 2 is 1.60 bits per heavy atom. The first-order chi connectivity index (χ1) is 14.4. The second-order valence-electron chi connectivity index (χ2n) is 7.28. The molecule has 2 rings (SSSR count). The van der Waals surface area contributed by atoms with E-state index in [9.17, 15) is 19.8 Å². The summed E-state index contributed by atoms with van der Waals surface area (Å²) < 4.78 is 0. The first-order valence-corrected chi connectivity index (χ1v) is 10.7. The summed E-state index contributed by atoms with van der Waals surface area (Å²) in [6.07, 6.45) is 8.44. The van der Waals surface area contributed by atoms with Crippen LogP contribution in [0.2, 0.25) is 5.02 Å². The van der Waals surface area contributed by atoms with Gasteiger partial charge in [-0.3, -0.25) is 9.59 Å². The summed E-state index contributed by atoms with van der Waals surface area (Å²) in [7, 11) is 0. The second-order valence-corrected chi connectivity index (χ2v) is 7.68. The number of benzene rings is 2. The Morgan fingerprint density at radius 3 is 2.33 bits per heavy atom. The van der Waals surface area contributed by atoms with Gasteiger partial charge in [0.1, 0.15) is 11.5 Å². The number of carbonyl (C=O) groups excluding carboxylic acids is 2. The molecule has 0 saturated carbocycles. The van der Waals surface area contributed by atoms with E-state index in [1.807, 2.05) is 0 Å². The number of hydrogen-bond donors (Lipinski definition) is 4. The molecule has 0 radical (unpaired) electrons. The van der Waals surface area contributed by atoms with Gasteiger partial charge in [-0.2, -0.15) is 0 Å². The molecule has 2 aromatic rings. The lowest BCUT2D eigenvalue weighted by Crippen LogP contribution is -2.14. The van der Waals surface area contributed by atoms with E-state index in [1.165, 1.54) is 31.7 Å². The van der Waals surface area contributed by atoms with Crippen molar-refractivity contribution < 1.29 is 19.8 Å². The molecule has 0 fully saturated rings. The minimum Gasteiger partial charge on any atom is -0.506 e. The van der Waals surface area contributed by atoms with E-state index in [0.29, 0.717) is 17.7 Å². The van der Waals surface area contributed by atoms with E-state index in [4.69, 9.17) is 11.6 Å². The number of phenolic OH excluding ortho intramolecular Hbond substituents is 2. The minimum absolute atomic E-state index is 0.0174. The third-order valence-corrected chi connectivity index (χ3v) is 5.03. The molecule has 0 aliphatic heterocycles. The Hall–Kier alpha value is -2.73. The summed E-state index contributed by atoms with van der Waals surface area (Å²) in [6.45, 7) is 2.19. The molecular weight excluding hydrogens is 404 g/mol. The van der Waals surface area contributed by atoms with E-state index in [1.54, 1.807) is 24.3 Å². The van der Waals surface area contributed by atoms with E-state index < -0.39 is 5.91 Å². The van der Waals surface area contributed by atoms with Gasteiger partial charge < -0.3 is 20.8 Å². The number of carbonyl (C=O) groups is 2. The lowest BCUT2D eigenvalue weighted by molar-refractivity contribution is -0.116. The average molecular weight is 433 g/mol. The van der Waals surface area contributed by atoms with Gasteiger partial charge in [0.25, 0.3) is 5.91 Å². The molecule has 6 nitrogen and oxygen atoms in total. The quantitative estimate of drug-likeness (QED) is 0.196. The molecule has 2 aromatic carbocycles. The second kappa shape index (κ2) is 12.1. The first kappa shape index (κ1) is 23.5. The van der Waals surface area contributed by atoms with Crippen LogP contribution in [0, 0.1) is 0 Å². The predicted octanol–water partition coefficient (Wildman–Crippen LogP) is 6.08. The van der Waals surface area contributed by atoms with Gasteiger partial charge in [0.05, 0.1) is 10.7 Å². The fourth-order valence-corrected chi connectivity index (χ4v) is 3.21. The lowest BCUT2D eigenvalue weighted by atomic mass is 10.1. The number of rotatable bonds is 11. The highest BCUT2D eigenvalue weighted by Crippen LogP contribution is 2.34. The zero-order valence-corrected chi connectivity index (χ0v) is 18.0. The summed E-state index contributed by atoms with van der Waals surface area (Å²) in [5, 5.41) is 24.8. The van der Waals surface area contributed by atoms with Crippen LogP contribution in [0.15, 0.2) is 36.4 Å². The summed E-state index contributed by atoms with van der Waals surface area (Å²) in [5.41, 5.74) is 0.867. The summed E-state index contributed by atoms with van der Waals surface area (Å²) in [5.74, 6) is -1.09.